The van der Waals surface area contributed by atoms with Crippen LogP contribution in [-0.4, -0.2) is 37.5 Å². The molecule has 3 rings (SSSR count). The normalized spacial score (nSPS) is 15.9. The predicted molar refractivity (Wildman–Crippen MR) is 102 cm³/mol. The Morgan fingerprint density at radius 2 is 1.93 bits per heavy atom. The van der Waals surface area contributed by atoms with Gasteiger partial charge in [-0.1, -0.05) is 0 Å². The molecular weight excluding hydrogens is 385 g/mol. The number of methoxy groups -OCH3 is 2. The van der Waals surface area contributed by atoms with Crippen LogP contribution < -0.4 is 19.7 Å². The first-order valence-electron chi connectivity index (χ1n) is 8.61. The van der Waals surface area contributed by atoms with Crippen molar-refractivity contribution in [2.45, 2.75) is 6.42 Å². The molecule has 1 fully saturated rings. The van der Waals surface area contributed by atoms with E-state index < -0.39 is 22.3 Å². The summed E-state index contributed by atoms with van der Waals surface area (Å²) in [5, 5.41) is 13.6. The highest BCUT2D eigenvalue weighted by molar-refractivity contribution is 6.03. The van der Waals surface area contributed by atoms with Gasteiger partial charge in [-0.2, -0.15) is 4.39 Å². The predicted octanol–water partition coefficient (Wildman–Crippen LogP) is 2.74. The maximum atomic E-state index is 13.5. The molecule has 1 aliphatic heterocycles. The Labute approximate surface area is 165 Å². The van der Waals surface area contributed by atoms with Crippen molar-refractivity contribution in [3.63, 3.8) is 0 Å². The van der Waals surface area contributed by atoms with E-state index >= 15 is 0 Å². The standard InChI is InChI=1S/C19H18FN3O6/c1-28-16-6-3-12(8-17(16)29-2)21-19(25)11-7-18(24)22(10-11)13-4-5-14(20)15(9-13)23(26)27/h3-6,8-9,11H,7,10H2,1-2H3,(H,21,25). The van der Waals surface area contributed by atoms with Gasteiger partial charge < -0.3 is 19.7 Å². The van der Waals surface area contributed by atoms with E-state index in [9.17, 15) is 24.1 Å². The fraction of sp³-hybridized carbons (Fsp3) is 0.263. The number of nitro benzene ring substituents is 1. The molecule has 29 heavy (non-hydrogen) atoms. The zero-order valence-corrected chi connectivity index (χ0v) is 15.7. The molecule has 1 heterocycles. The average Bonchev–Trinajstić information content (AvgIpc) is 3.09. The van der Waals surface area contributed by atoms with Crippen LogP contribution in [0.25, 0.3) is 0 Å². The second-order valence-electron chi connectivity index (χ2n) is 6.36. The number of carbonyl (C=O) groups is 2. The van der Waals surface area contributed by atoms with Crippen molar-refractivity contribution in [2.24, 2.45) is 5.92 Å². The second kappa shape index (κ2) is 8.13. The Morgan fingerprint density at radius 3 is 2.59 bits per heavy atom. The number of carbonyl (C=O) groups excluding carboxylic acids is 2. The van der Waals surface area contributed by atoms with Crippen LogP contribution in [0, 0.1) is 21.8 Å². The first-order valence-corrected chi connectivity index (χ1v) is 8.61. The molecule has 2 aromatic rings. The summed E-state index contributed by atoms with van der Waals surface area (Å²) in [6, 6.07) is 8.05. The van der Waals surface area contributed by atoms with Crippen LogP contribution in [0.15, 0.2) is 36.4 Å². The number of nitrogens with zero attached hydrogens (tertiary/aromatic N) is 2. The minimum Gasteiger partial charge on any atom is -0.493 e. The third kappa shape index (κ3) is 4.10. The number of ether oxygens (including phenoxy) is 2. The smallest absolute Gasteiger partial charge is 0.306 e. The largest absolute Gasteiger partial charge is 0.493 e. The molecule has 9 nitrogen and oxygen atoms in total. The fourth-order valence-corrected chi connectivity index (χ4v) is 3.10. The van der Waals surface area contributed by atoms with Crippen LogP contribution in [0.5, 0.6) is 11.5 Å². The highest BCUT2D eigenvalue weighted by Gasteiger charge is 2.36. The van der Waals surface area contributed by atoms with E-state index in [2.05, 4.69) is 5.32 Å². The molecule has 1 atom stereocenters. The van der Waals surface area contributed by atoms with Crippen molar-refractivity contribution in [3.05, 3.63) is 52.3 Å². The van der Waals surface area contributed by atoms with Crippen LogP contribution in [0.4, 0.5) is 21.5 Å². The van der Waals surface area contributed by atoms with E-state index in [0.29, 0.717) is 17.2 Å². The Bertz CT molecular complexity index is 980. The minimum atomic E-state index is -0.992. The molecule has 1 unspecified atom stereocenters. The van der Waals surface area contributed by atoms with Gasteiger partial charge in [-0.25, -0.2) is 0 Å². The van der Waals surface area contributed by atoms with E-state index in [0.717, 1.165) is 12.1 Å². The SMILES string of the molecule is COc1ccc(NC(=O)C2CC(=O)N(c3ccc(F)c([N+](=O)[O-])c3)C2)cc1OC. The number of hydrogen-bond donors (Lipinski definition) is 1. The van der Waals surface area contributed by atoms with Crippen molar-refractivity contribution >= 4 is 28.9 Å². The molecule has 1 N–H and O–H groups in total. The van der Waals surface area contributed by atoms with Crippen molar-refractivity contribution in [1.82, 2.24) is 0 Å². The summed E-state index contributed by atoms with van der Waals surface area (Å²) in [5.41, 5.74) is -0.0889. The molecule has 1 aliphatic rings. The molecule has 152 valence electrons. The van der Waals surface area contributed by atoms with E-state index in [1.165, 1.54) is 25.2 Å². The van der Waals surface area contributed by atoms with Gasteiger partial charge >= 0.3 is 5.69 Å². The van der Waals surface area contributed by atoms with Gasteiger partial charge in [0, 0.05) is 30.8 Å². The first-order chi connectivity index (χ1) is 13.8. The average molecular weight is 403 g/mol. The number of nitrogens with one attached hydrogen (secondary N) is 1. The van der Waals surface area contributed by atoms with Gasteiger partial charge in [0.2, 0.25) is 17.6 Å². The molecule has 2 amide bonds. The molecular formula is C19H18FN3O6. The molecule has 2 aromatic carbocycles. The Hall–Kier alpha value is -3.69. The van der Waals surface area contributed by atoms with Crippen LogP contribution >= 0.6 is 0 Å². The number of anilines is 2. The van der Waals surface area contributed by atoms with Crippen molar-refractivity contribution in [1.29, 1.82) is 0 Å². The molecule has 0 spiro atoms. The lowest BCUT2D eigenvalue weighted by molar-refractivity contribution is -0.387. The summed E-state index contributed by atoms with van der Waals surface area (Å²) >= 11 is 0. The monoisotopic (exact) mass is 403 g/mol. The highest BCUT2D eigenvalue weighted by atomic mass is 19.1. The van der Waals surface area contributed by atoms with Gasteiger partial charge in [-0.05, 0) is 24.3 Å². The molecule has 0 aliphatic carbocycles. The topological polar surface area (TPSA) is 111 Å². The molecule has 0 bridgehead atoms. The van der Waals surface area contributed by atoms with E-state index in [-0.39, 0.29) is 30.5 Å². The number of halogens is 1. The van der Waals surface area contributed by atoms with Crippen LogP contribution in [-0.2, 0) is 9.59 Å². The van der Waals surface area contributed by atoms with Gasteiger partial charge in [0.25, 0.3) is 0 Å². The summed E-state index contributed by atoms with van der Waals surface area (Å²) < 4.78 is 23.9. The molecule has 0 aromatic heterocycles. The highest BCUT2D eigenvalue weighted by Crippen LogP contribution is 2.32. The third-order valence-electron chi connectivity index (χ3n) is 4.58. The summed E-state index contributed by atoms with van der Waals surface area (Å²) in [4.78, 5) is 36.2. The van der Waals surface area contributed by atoms with Gasteiger partial charge in [0.05, 0.1) is 30.7 Å². The molecule has 1 saturated heterocycles. The Balaban J connectivity index is 1.74. The lowest BCUT2D eigenvalue weighted by Gasteiger charge is -2.17. The summed E-state index contributed by atoms with van der Waals surface area (Å²) in [7, 11) is 2.97. The quantitative estimate of drug-likeness (QED) is 0.586. The summed E-state index contributed by atoms with van der Waals surface area (Å²) in [6.45, 7) is 0.0285. The maximum absolute atomic E-state index is 13.5. The number of amides is 2. The van der Waals surface area contributed by atoms with Crippen LogP contribution in [0.2, 0.25) is 0 Å². The van der Waals surface area contributed by atoms with E-state index in [1.54, 1.807) is 18.2 Å². The van der Waals surface area contributed by atoms with Crippen molar-refractivity contribution < 1.29 is 28.4 Å². The number of hydrogen-bond acceptors (Lipinski definition) is 6. The van der Waals surface area contributed by atoms with E-state index in [4.69, 9.17) is 9.47 Å². The Morgan fingerprint density at radius 1 is 1.21 bits per heavy atom. The number of nitro groups is 1. The van der Waals surface area contributed by atoms with Crippen LogP contribution in [0.1, 0.15) is 6.42 Å². The zero-order valence-electron chi connectivity index (χ0n) is 15.7. The fourth-order valence-electron chi connectivity index (χ4n) is 3.10. The zero-order chi connectivity index (χ0) is 21.1. The lowest BCUT2D eigenvalue weighted by atomic mass is 10.1. The number of rotatable bonds is 6. The third-order valence-corrected chi connectivity index (χ3v) is 4.58. The number of benzene rings is 2. The second-order valence-corrected chi connectivity index (χ2v) is 6.36. The van der Waals surface area contributed by atoms with Gasteiger partial charge in [-0.15, -0.1) is 0 Å². The first kappa shape index (κ1) is 20.1. The van der Waals surface area contributed by atoms with E-state index in [1.807, 2.05) is 0 Å². The molecule has 10 heteroatoms. The Kier molecular flexibility index (Phi) is 5.62. The summed E-state index contributed by atoms with van der Waals surface area (Å²) in [6.07, 6.45) is -0.0652. The van der Waals surface area contributed by atoms with Crippen molar-refractivity contribution in [2.75, 3.05) is 31.0 Å². The molecule has 0 saturated carbocycles. The van der Waals surface area contributed by atoms with Crippen LogP contribution in [0.3, 0.4) is 0 Å². The summed E-state index contributed by atoms with van der Waals surface area (Å²) in [5.74, 6) is -1.48. The van der Waals surface area contributed by atoms with Crippen molar-refractivity contribution in [3.8, 4) is 11.5 Å². The lowest BCUT2D eigenvalue weighted by Crippen LogP contribution is -2.28. The van der Waals surface area contributed by atoms with Gasteiger partial charge in [0.1, 0.15) is 0 Å². The maximum Gasteiger partial charge on any atom is 0.306 e. The van der Waals surface area contributed by atoms with Gasteiger partial charge in [0.15, 0.2) is 11.5 Å². The van der Waals surface area contributed by atoms with Gasteiger partial charge in [-0.3, -0.25) is 19.7 Å². The molecule has 0 radical (unpaired) electrons. The minimum absolute atomic E-state index is 0.0285.